The summed E-state index contributed by atoms with van der Waals surface area (Å²) in [6, 6.07) is 7.47. The summed E-state index contributed by atoms with van der Waals surface area (Å²) in [5, 5.41) is 22.2. The van der Waals surface area contributed by atoms with Gasteiger partial charge in [0.1, 0.15) is 0 Å². The van der Waals surface area contributed by atoms with Crippen molar-refractivity contribution in [1.82, 2.24) is 40.6 Å². The van der Waals surface area contributed by atoms with Crippen LogP contribution in [0.2, 0.25) is 0 Å². The van der Waals surface area contributed by atoms with Gasteiger partial charge >= 0.3 is 0 Å². The average Bonchev–Trinajstić information content (AvgIpc) is 3.33. The summed E-state index contributed by atoms with van der Waals surface area (Å²) >= 11 is 0. The van der Waals surface area contributed by atoms with Crippen LogP contribution in [-0.2, 0) is 6.54 Å². The summed E-state index contributed by atoms with van der Waals surface area (Å²) in [7, 11) is 0. The average molecular weight is 338 g/mol. The Morgan fingerprint density at radius 2 is 2.24 bits per heavy atom. The molecule has 4 aromatic rings. The van der Waals surface area contributed by atoms with Gasteiger partial charge in [-0.1, -0.05) is 28.6 Å². The molecule has 1 aromatic carbocycles. The van der Waals surface area contributed by atoms with E-state index in [2.05, 4.69) is 36.0 Å². The smallest absolute Gasteiger partial charge is 0.280 e. The number of hydrogen-bond acceptors (Lipinski definition) is 7. The van der Waals surface area contributed by atoms with Gasteiger partial charge in [-0.15, -0.1) is 5.10 Å². The normalized spacial score (nSPS) is 11.1. The second kappa shape index (κ2) is 6.15. The molecule has 4 rings (SSSR count). The van der Waals surface area contributed by atoms with Crippen LogP contribution in [-0.4, -0.2) is 47.8 Å². The molecular formula is C15H14N8O2. The van der Waals surface area contributed by atoms with E-state index in [1.54, 1.807) is 17.8 Å². The maximum Gasteiger partial charge on any atom is 0.280 e. The van der Waals surface area contributed by atoms with E-state index in [0.29, 0.717) is 36.2 Å². The molecule has 0 aliphatic heterocycles. The van der Waals surface area contributed by atoms with Crippen LogP contribution in [0.1, 0.15) is 16.3 Å². The van der Waals surface area contributed by atoms with Crippen LogP contribution in [0, 0.1) is 6.92 Å². The van der Waals surface area contributed by atoms with Gasteiger partial charge in [0.2, 0.25) is 0 Å². The molecule has 0 spiro atoms. The fourth-order valence-corrected chi connectivity index (χ4v) is 2.41. The number of nitrogens with zero attached hydrogens (tertiary/aromatic N) is 6. The largest absolute Gasteiger partial charge is 0.349 e. The van der Waals surface area contributed by atoms with E-state index in [1.807, 2.05) is 24.3 Å². The number of rotatable bonds is 5. The highest BCUT2D eigenvalue weighted by Gasteiger charge is 2.14. The van der Waals surface area contributed by atoms with Gasteiger partial charge in [-0.3, -0.25) is 9.89 Å². The second-order valence-electron chi connectivity index (χ2n) is 5.39. The molecular weight excluding hydrogens is 324 g/mol. The Labute approximate surface area is 141 Å². The first kappa shape index (κ1) is 15.0. The third kappa shape index (κ3) is 2.96. The molecule has 0 radical (unpaired) electrons. The SMILES string of the molecule is Cc1noc(-c2cn(CCNC(=O)c3n[nH]c4ccccc34)nn2)n1. The monoisotopic (exact) mass is 338 g/mol. The standard InChI is InChI=1S/C15H14N8O2/c1-9-17-15(25-21-9)12-8-23(22-19-12)7-6-16-14(24)13-10-4-2-3-5-11(10)18-20-13/h2-5,8H,6-7H2,1H3,(H,16,24)(H,18,20). The number of nitrogens with one attached hydrogen (secondary N) is 2. The van der Waals surface area contributed by atoms with Crippen molar-refractivity contribution in [2.75, 3.05) is 6.54 Å². The van der Waals surface area contributed by atoms with Crippen molar-refractivity contribution in [3.8, 4) is 11.6 Å². The first-order valence-electron chi connectivity index (χ1n) is 7.63. The Hall–Kier alpha value is -3.56. The second-order valence-corrected chi connectivity index (χ2v) is 5.39. The van der Waals surface area contributed by atoms with Crippen molar-refractivity contribution in [2.24, 2.45) is 0 Å². The Balaban J connectivity index is 1.38. The van der Waals surface area contributed by atoms with Gasteiger partial charge in [0, 0.05) is 11.9 Å². The molecule has 10 heteroatoms. The molecule has 0 atom stereocenters. The van der Waals surface area contributed by atoms with Gasteiger partial charge in [0.15, 0.2) is 17.2 Å². The molecule has 126 valence electrons. The quantitative estimate of drug-likeness (QED) is 0.554. The van der Waals surface area contributed by atoms with E-state index < -0.39 is 0 Å². The first-order chi connectivity index (χ1) is 12.2. The number of aromatic amines is 1. The lowest BCUT2D eigenvalue weighted by Crippen LogP contribution is -2.27. The first-order valence-corrected chi connectivity index (χ1v) is 7.63. The number of carbonyl (C=O) groups is 1. The maximum absolute atomic E-state index is 12.3. The lowest BCUT2D eigenvalue weighted by Gasteiger charge is -2.03. The summed E-state index contributed by atoms with van der Waals surface area (Å²) < 4.78 is 6.63. The van der Waals surface area contributed by atoms with Gasteiger partial charge < -0.3 is 9.84 Å². The number of fused-ring (bicyclic) bond motifs is 1. The van der Waals surface area contributed by atoms with Crippen molar-refractivity contribution >= 4 is 16.8 Å². The topological polar surface area (TPSA) is 127 Å². The number of para-hydroxylation sites is 1. The number of H-pyrrole nitrogens is 1. The van der Waals surface area contributed by atoms with E-state index in [0.717, 1.165) is 10.9 Å². The summed E-state index contributed by atoms with van der Waals surface area (Å²) in [5.74, 6) is 0.601. The Kier molecular flexibility index (Phi) is 3.69. The van der Waals surface area contributed by atoms with Crippen LogP contribution in [0.3, 0.4) is 0 Å². The lowest BCUT2D eigenvalue weighted by atomic mass is 10.2. The molecule has 10 nitrogen and oxygen atoms in total. The van der Waals surface area contributed by atoms with Crippen LogP contribution >= 0.6 is 0 Å². The highest BCUT2D eigenvalue weighted by Crippen LogP contribution is 2.15. The highest BCUT2D eigenvalue weighted by atomic mass is 16.5. The molecule has 0 saturated carbocycles. The number of amides is 1. The Bertz CT molecular complexity index is 1030. The molecule has 2 N–H and O–H groups in total. The summed E-state index contributed by atoms with van der Waals surface area (Å²) in [5.41, 5.74) is 1.69. The third-order valence-electron chi connectivity index (χ3n) is 3.60. The van der Waals surface area contributed by atoms with E-state index in [4.69, 9.17) is 4.52 Å². The van der Waals surface area contributed by atoms with Crippen molar-refractivity contribution in [3.63, 3.8) is 0 Å². The molecule has 0 aliphatic carbocycles. The fraction of sp³-hybridized carbons (Fsp3) is 0.200. The molecule has 0 fully saturated rings. The van der Waals surface area contributed by atoms with Crippen LogP contribution < -0.4 is 5.32 Å². The van der Waals surface area contributed by atoms with Crippen molar-refractivity contribution < 1.29 is 9.32 Å². The number of aromatic nitrogens is 7. The molecule has 3 heterocycles. The van der Waals surface area contributed by atoms with Gasteiger partial charge in [-0.2, -0.15) is 10.1 Å². The zero-order valence-corrected chi connectivity index (χ0v) is 13.3. The number of aryl methyl sites for hydroxylation is 1. The molecule has 3 aromatic heterocycles. The number of carbonyl (C=O) groups excluding carboxylic acids is 1. The molecule has 25 heavy (non-hydrogen) atoms. The van der Waals surface area contributed by atoms with Gasteiger partial charge in [-0.05, 0) is 13.0 Å². The molecule has 0 unspecified atom stereocenters. The zero-order chi connectivity index (χ0) is 17.2. The van der Waals surface area contributed by atoms with E-state index in [1.165, 1.54) is 0 Å². The third-order valence-corrected chi connectivity index (χ3v) is 3.60. The lowest BCUT2D eigenvalue weighted by molar-refractivity contribution is 0.0948. The summed E-state index contributed by atoms with van der Waals surface area (Å²) in [6.45, 7) is 2.56. The minimum absolute atomic E-state index is 0.245. The molecule has 1 amide bonds. The van der Waals surface area contributed by atoms with Crippen LogP contribution in [0.5, 0.6) is 0 Å². The maximum atomic E-state index is 12.3. The van der Waals surface area contributed by atoms with Gasteiger partial charge in [0.25, 0.3) is 11.8 Å². The minimum Gasteiger partial charge on any atom is -0.349 e. The van der Waals surface area contributed by atoms with Gasteiger partial charge in [-0.25, -0.2) is 4.68 Å². The van der Waals surface area contributed by atoms with Crippen molar-refractivity contribution in [3.05, 3.63) is 42.0 Å². The van der Waals surface area contributed by atoms with E-state index >= 15 is 0 Å². The molecule has 0 saturated heterocycles. The predicted octanol–water partition coefficient (Wildman–Crippen LogP) is 0.943. The molecule has 0 aliphatic rings. The zero-order valence-electron chi connectivity index (χ0n) is 13.3. The molecule has 0 bridgehead atoms. The minimum atomic E-state index is -0.245. The van der Waals surface area contributed by atoms with E-state index in [9.17, 15) is 4.79 Å². The number of benzene rings is 1. The Morgan fingerprint density at radius 3 is 3.08 bits per heavy atom. The summed E-state index contributed by atoms with van der Waals surface area (Å²) in [6.07, 6.45) is 1.68. The number of hydrogen-bond donors (Lipinski definition) is 2. The van der Waals surface area contributed by atoms with Crippen LogP contribution in [0.25, 0.3) is 22.5 Å². The van der Waals surface area contributed by atoms with Gasteiger partial charge in [0.05, 0.1) is 18.3 Å². The van der Waals surface area contributed by atoms with E-state index in [-0.39, 0.29) is 5.91 Å². The van der Waals surface area contributed by atoms with Crippen molar-refractivity contribution in [2.45, 2.75) is 13.5 Å². The highest BCUT2D eigenvalue weighted by molar-refractivity contribution is 6.04. The van der Waals surface area contributed by atoms with Crippen molar-refractivity contribution in [1.29, 1.82) is 0 Å². The fourth-order valence-electron chi connectivity index (χ4n) is 2.41. The predicted molar refractivity (Wildman–Crippen MR) is 86.5 cm³/mol. The summed E-state index contributed by atoms with van der Waals surface area (Å²) in [4.78, 5) is 16.4. The van der Waals surface area contributed by atoms with Crippen LogP contribution in [0.4, 0.5) is 0 Å². The Morgan fingerprint density at radius 1 is 1.36 bits per heavy atom. The van der Waals surface area contributed by atoms with Crippen LogP contribution in [0.15, 0.2) is 35.0 Å².